The number of carbonyl (C=O) groups excluding carboxylic acids is 1. The molecular weight excluding hydrogens is 262 g/mol. The monoisotopic (exact) mass is 287 g/mol. The Morgan fingerprint density at radius 1 is 1.38 bits per heavy atom. The number of rotatable bonds is 3. The van der Waals surface area contributed by atoms with Crippen LogP contribution in [0.4, 0.5) is 0 Å². The van der Waals surface area contributed by atoms with Crippen LogP contribution in [0, 0.1) is 5.41 Å². The third kappa shape index (κ3) is 2.69. The van der Waals surface area contributed by atoms with Gasteiger partial charge in [-0.3, -0.25) is 9.78 Å². The van der Waals surface area contributed by atoms with Crippen LogP contribution in [0.5, 0.6) is 0 Å². The lowest BCUT2D eigenvalue weighted by molar-refractivity contribution is -0.145. The minimum absolute atomic E-state index is 0.138. The number of hydrogen-bond acceptors (Lipinski definition) is 3. The molecule has 3 rings (SSSR count). The fourth-order valence-corrected chi connectivity index (χ4v) is 3.87. The highest BCUT2D eigenvalue weighted by molar-refractivity contribution is 5.83. The topological polar surface area (TPSA) is 45.2 Å². The number of nitrogens with zero attached hydrogens (tertiary/aromatic N) is 2. The molecule has 1 amide bonds. The lowest BCUT2D eigenvalue weighted by Gasteiger charge is -2.40. The van der Waals surface area contributed by atoms with Crippen LogP contribution in [0.15, 0.2) is 24.5 Å². The summed E-state index contributed by atoms with van der Waals surface area (Å²) < 4.78 is 0. The van der Waals surface area contributed by atoms with Gasteiger partial charge in [0.15, 0.2) is 0 Å². The molecule has 0 radical (unpaired) electrons. The number of nitrogens with one attached hydrogen (secondary N) is 1. The Morgan fingerprint density at radius 3 is 2.76 bits per heavy atom. The van der Waals surface area contributed by atoms with E-state index in [0.717, 1.165) is 51.7 Å². The summed E-state index contributed by atoms with van der Waals surface area (Å²) in [5, 5.41) is 3.38. The second-order valence-corrected chi connectivity index (χ2v) is 6.32. The third-order valence-corrected chi connectivity index (χ3v) is 5.30. The van der Waals surface area contributed by atoms with E-state index in [-0.39, 0.29) is 11.5 Å². The first-order valence-corrected chi connectivity index (χ1v) is 8.18. The number of carbonyl (C=O) groups is 1. The molecule has 1 aromatic rings. The van der Waals surface area contributed by atoms with Crippen molar-refractivity contribution in [2.45, 2.75) is 45.1 Å². The van der Waals surface area contributed by atoms with Crippen molar-refractivity contribution in [3.05, 3.63) is 30.1 Å². The molecule has 0 spiro atoms. The lowest BCUT2D eigenvalue weighted by Crippen LogP contribution is -2.48. The van der Waals surface area contributed by atoms with Gasteiger partial charge in [-0.1, -0.05) is 6.92 Å². The molecular formula is C17H25N3O. The molecule has 21 heavy (non-hydrogen) atoms. The van der Waals surface area contributed by atoms with E-state index in [1.165, 1.54) is 5.56 Å². The Kier molecular flexibility index (Phi) is 4.24. The molecule has 1 atom stereocenters. The maximum absolute atomic E-state index is 13.2. The van der Waals surface area contributed by atoms with Gasteiger partial charge in [-0.05, 0) is 62.9 Å². The van der Waals surface area contributed by atoms with Gasteiger partial charge >= 0.3 is 0 Å². The average molecular weight is 287 g/mol. The third-order valence-electron chi connectivity index (χ3n) is 5.30. The van der Waals surface area contributed by atoms with Crippen molar-refractivity contribution in [1.82, 2.24) is 15.2 Å². The van der Waals surface area contributed by atoms with E-state index in [1.807, 2.05) is 12.4 Å². The summed E-state index contributed by atoms with van der Waals surface area (Å²) in [6, 6.07) is 4.35. The minimum atomic E-state index is -0.138. The van der Waals surface area contributed by atoms with Crippen molar-refractivity contribution in [1.29, 1.82) is 0 Å². The van der Waals surface area contributed by atoms with E-state index in [2.05, 4.69) is 34.3 Å². The zero-order valence-corrected chi connectivity index (χ0v) is 12.8. The Balaban J connectivity index is 1.82. The van der Waals surface area contributed by atoms with Gasteiger partial charge in [0, 0.05) is 18.9 Å². The first-order chi connectivity index (χ1) is 10.3. The maximum atomic E-state index is 13.2. The molecule has 1 N–H and O–H groups in total. The molecule has 4 heteroatoms. The highest BCUT2D eigenvalue weighted by atomic mass is 16.2. The second-order valence-electron chi connectivity index (χ2n) is 6.32. The number of hydrogen-bond donors (Lipinski definition) is 1. The zero-order chi connectivity index (χ0) is 14.7. The summed E-state index contributed by atoms with van der Waals surface area (Å²) in [5.74, 6) is 0.380. The van der Waals surface area contributed by atoms with Crippen LogP contribution >= 0.6 is 0 Å². The lowest BCUT2D eigenvalue weighted by atomic mass is 9.75. The standard InChI is InChI=1S/C17H25N3O/c1-2-17(7-11-19-12-8-17)16(21)20-13-3-4-15(20)14-5-9-18-10-6-14/h5-6,9-10,15,19H,2-4,7-8,11-13H2,1H3. The van der Waals surface area contributed by atoms with Crippen LogP contribution in [0.1, 0.15) is 50.6 Å². The molecule has 0 aromatic carbocycles. The van der Waals surface area contributed by atoms with Gasteiger partial charge in [0.05, 0.1) is 11.5 Å². The highest BCUT2D eigenvalue weighted by Crippen LogP contribution is 2.40. The van der Waals surface area contributed by atoms with E-state index in [4.69, 9.17) is 0 Å². The Hall–Kier alpha value is -1.42. The van der Waals surface area contributed by atoms with Gasteiger partial charge < -0.3 is 10.2 Å². The van der Waals surface area contributed by atoms with Gasteiger partial charge in [0.1, 0.15) is 0 Å². The van der Waals surface area contributed by atoms with E-state index in [0.29, 0.717) is 5.91 Å². The molecule has 4 nitrogen and oxygen atoms in total. The Morgan fingerprint density at radius 2 is 2.10 bits per heavy atom. The van der Waals surface area contributed by atoms with Crippen LogP contribution in [0.3, 0.4) is 0 Å². The predicted molar refractivity (Wildman–Crippen MR) is 82.8 cm³/mol. The first-order valence-electron chi connectivity index (χ1n) is 8.18. The second kappa shape index (κ2) is 6.14. The fourth-order valence-electron chi connectivity index (χ4n) is 3.87. The highest BCUT2D eigenvalue weighted by Gasteiger charge is 2.43. The normalized spacial score (nSPS) is 25.0. The molecule has 0 bridgehead atoms. The molecule has 3 heterocycles. The van der Waals surface area contributed by atoms with Gasteiger partial charge in [-0.25, -0.2) is 0 Å². The van der Waals surface area contributed by atoms with Crippen LogP contribution in [-0.2, 0) is 4.79 Å². The smallest absolute Gasteiger partial charge is 0.229 e. The van der Waals surface area contributed by atoms with Crippen molar-refractivity contribution in [2.75, 3.05) is 19.6 Å². The molecule has 0 saturated carbocycles. The van der Waals surface area contributed by atoms with E-state index >= 15 is 0 Å². The van der Waals surface area contributed by atoms with E-state index < -0.39 is 0 Å². The van der Waals surface area contributed by atoms with Gasteiger partial charge in [0.25, 0.3) is 0 Å². The van der Waals surface area contributed by atoms with Crippen molar-refractivity contribution in [2.24, 2.45) is 5.41 Å². The quantitative estimate of drug-likeness (QED) is 0.929. The van der Waals surface area contributed by atoms with Gasteiger partial charge in [0.2, 0.25) is 5.91 Å². The predicted octanol–water partition coefficient (Wildman–Crippen LogP) is 2.52. The molecule has 2 saturated heterocycles. The molecule has 114 valence electrons. The van der Waals surface area contributed by atoms with Crippen LogP contribution < -0.4 is 5.32 Å². The summed E-state index contributed by atoms with van der Waals surface area (Å²) in [6.45, 7) is 5.00. The number of pyridine rings is 1. The van der Waals surface area contributed by atoms with Gasteiger partial charge in [-0.15, -0.1) is 0 Å². The summed E-state index contributed by atoms with van der Waals surface area (Å²) >= 11 is 0. The molecule has 2 fully saturated rings. The van der Waals surface area contributed by atoms with Crippen molar-refractivity contribution in [3.63, 3.8) is 0 Å². The maximum Gasteiger partial charge on any atom is 0.229 e. The fraction of sp³-hybridized carbons (Fsp3) is 0.647. The summed E-state index contributed by atoms with van der Waals surface area (Å²) in [4.78, 5) is 19.5. The minimum Gasteiger partial charge on any atom is -0.335 e. The number of aromatic nitrogens is 1. The molecule has 1 unspecified atom stereocenters. The van der Waals surface area contributed by atoms with Crippen LogP contribution in [0.2, 0.25) is 0 Å². The average Bonchev–Trinajstić information content (AvgIpc) is 3.05. The molecule has 2 aliphatic rings. The molecule has 0 aliphatic carbocycles. The summed E-state index contributed by atoms with van der Waals surface area (Å²) in [5.41, 5.74) is 1.09. The number of likely N-dealkylation sites (tertiary alicyclic amines) is 1. The number of piperidine rings is 1. The first kappa shape index (κ1) is 14.5. The zero-order valence-electron chi connectivity index (χ0n) is 12.8. The molecule has 2 aliphatic heterocycles. The SMILES string of the molecule is CCC1(C(=O)N2CCCC2c2ccncc2)CCNCC1. The summed E-state index contributed by atoms with van der Waals surface area (Å²) in [6.07, 6.45) is 8.74. The van der Waals surface area contributed by atoms with Crippen LogP contribution in [-0.4, -0.2) is 35.4 Å². The van der Waals surface area contributed by atoms with Gasteiger partial charge in [-0.2, -0.15) is 0 Å². The largest absolute Gasteiger partial charge is 0.335 e. The Bertz CT molecular complexity index is 482. The molecule has 1 aromatic heterocycles. The van der Waals surface area contributed by atoms with Crippen molar-refractivity contribution < 1.29 is 4.79 Å². The van der Waals surface area contributed by atoms with Crippen LogP contribution in [0.25, 0.3) is 0 Å². The van der Waals surface area contributed by atoms with Crippen molar-refractivity contribution >= 4 is 5.91 Å². The Labute approximate surface area is 126 Å². The number of amides is 1. The summed E-state index contributed by atoms with van der Waals surface area (Å²) in [7, 11) is 0. The van der Waals surface area contributed by atoms with E-state index in [1.54, 1.807) is 0 Å². The van der Waals surface area contributed by atoms with Crippen molar-refractivity contribution in [3.8, 4) is 0 Å². The van der Waals surface area contributed by atoms with E-state index in [9.17, 15) is 4.79 Å².